The van der Waals surface area contributed by atoms with Crippen LogP contribution in [-0.4, -0.2) is 37.4 Å². The number of carbonyl (C=O) groups excluding carboxylic acids is 2. The van der Waals surface area contributed by atoms with Crippen molar-refractivity contribution in [3.8, 4) is 0 Å². The van der Waals surface area contributed by atoms with Gasteiger partial charge in [0.2, 0.25) is 11.8 Å². The number of halogens is 3. The Morgan fingerprint density at radius 3 is 2.86 bits per heavy atom. The average Bonchev–Trinajstić information content (AvgIpc) is 2.87. The summed E-state index contributed by atoms with van der Waals surface area (Å²) in [6, 6.07) is 7.12. The third-order valence-corrected chi connectivity index (χ3v) is 3.96. The number of carbonyl (C=O) groups is 2. The van der Waals surface area contributed by atoms with Gasteiger partial charge in [-0.2, -0.15) is 0 Å². The smallest absolute Gasteiger partial charge is 0.277 e. The average molecular weight is 376 g/mol. The molecule has 1 aromatic rings. The minimum Gasteiger partial charge on any atom is -0.349 e. The van der Waals surface area contributed by atoms with Crippen LogP contribution < -0.4 is 16.0 Å². The molecule has 0 saturated carbocycles. The molecular weight excluding hydrogens is 360 g/mol. The van der Waals surface area contributed by atoms with E-state index in [0.717, 1.165) is 4.47 Å². The van der Waals surface area contributed by atoms with Gasteiger partial charge in [0, 0.05) is 16.7 Å². The molecule has 8 heteroatoms. The Kier molecular flexibility index (Phi) is 5.12. The molecular formula is C14H16BrF2N3O2. The highest BCUT2D eigenvalue weighted by Crippen LogP contribution is 2.27. The molecule has 0 radical (unpaired) electrons. The molecule has 120 valence electrons. The first kappa shape index (κ1) is 16.8. The first-order valence-corrected chi connectivity index (χ1v) is 7.56. The molecule has 1 aliphatic rings. The number of benzene rings is 1. The van der Waals surface area contributed by atoms with Gasteiger partial charge in [0.1, 0.15) is 5.92 Å². The predicted octanol–water partition coefficient (Wildman–Crippen LogP) is 1.51. The summed E-state index contributed by atoms with van der Waals surface area (Å²) in [6.45, 7) is -1.33. The fraction of sp³-hybridized carbons (Fsp3) is 0.429. The number of hydrogen-bond donors (Lipinski definition) is 2. The predicted molar refractivity (Wildman–Crippen MR) is 81.6 cm³/mol. The monoisotopic (exact) mass is 375 g/mol. The summed E-state index contributed by atoms with van der Waals surface area (Å²) in [7, 11) is 0. The van der Waals surface area contributed by atoms with Crippen molar-refractivity contribution in [3.05, 3.63) is 28.7 Å². The molecule has 1 saturated heterocycles. The lowest BCUT2D eigenvalue weighted by molar-refractivity contribution is -0.133. The SMILES string of the molecule is NCC(F)(F)CNC(=O)C1CCN(c2cccc(Br)c2)C1=O. The Morgan fingerprint density at radius 1 is 1.50 bits per heavy atom. The van der Waals surface area contributed by atoms with Crippen molar-refractivity contribution in [1.29, 1.82) is 0 Å². The molecule has 3 N–H and O–H groups in total. The first-order chi connectivity index (χ1) is 10.3. The minimum absolute atomic E-state index is 0.297. The summed E-state index contributed by atoms with van der Waals surface area (Å²) < 4.78 is 26.9. The van der Waals surface area contributed by atoms with Crippen LogP contribution >= 0.6 is 15.9 Å². The van der Waals surface area contributed by atoms with Gasteiger partial charge in [0.15, 0.2) is 0 Å². The van der Waals surface area contributed by atoms with Crippen LogP contribution in [0.4, 0.5) is 14.5 Å². The van der Waals surface area contributed by atoms with E-state index in [0.29, 0.717) is 18.7 Å². The normalized spacial score (nSPS) is 18.6. The molecule has 0 aliphatic carbocycles. The number of anilines is 1. The summed E-state index contributed by atoms with van der Waals surface area (Å²) in [4.78, 5) is 25.7. The topological polar surface area (TPSA) is 75.4 Å². The lowest BCUT2D eigenvalue weighted by atomic mass is 10.1. The maximum absolute atomic E-state index is 13.0. The molecule has 1 atom stereocenters. The summed E-state index contributed by atoms with van der Waals surface area (Å²) >= 11 is 3.32. The number of amides is 2. The first-order valence-electron chi connectivity index (χ1n) is 6.76. The fourth-order valence-electron chi connectivity index (χ4n) is 2.24. The summed E-state index contributed by atoms with van der Waals surface area (Å²) in [5.74, 6) is -5.17. The number of nitrogens with two attached hydrogens (primary N) is 1. The fourth-order valence-corrected chi connectivity index (χ4v) is 2.62. The molecule has 5 nitrogen and oxygen atoms in total. The van der Waals surface area contributed by atoms with Crippen molar-refractivity contribution in [2.45, 2.75) is 12.3 Å². The Balaban J connectivity index is 2.00. The maximum atomic E-state index is 13.0. The second-order valence-corrected chi connectivity index (χ2v) is 6.00. The zero-order valence-electron chi connectivity index (χ0n) is 11.7. The number of hydrogen-bond acceptors (Lipinski definition) is 3. The number of nitrogens with one attached hydrogen (secondary N) is 1. The standard InChI is InChI=1S/C14H16BrF2N3O2/c15-9-2-1-3-10(6-9)20-5-4-11(13(20)22)12(21)19-8-14(16,17)7-18/h1-3,6,11H,4-5,7-8,18H2,(H,19,21). The van der Waals surface area contributed by atoms with Gasteiger partial charge in [-0.1, -0.05) is 22.0 Å². The van der Waals surface area contributed by atoms with Crippen LogP contribution in [0.25, 0.3) is 0 Å². The van der Waals surface area contributed by atoms with Crippen LogP contribution in [0.3, 0.4) is 0 Å². The third-order valence-electron chi connectivity index (χ3n) is 3.46. The summed E-state index contributed by atoms with van der Waals surface area (Å²) in [6.07, 6.45) is 0.297. The Bertz CT molecular complexity index is 583. The Morgan fingerprint density at radius 2 is 2.23 bits per heavy atom. The van der Waals surface area contributed by atoms with Crippen LogP contribution in [0.2, 0.25) is 0 Å². The van der Waals surface area contributed by atoms with Crippen molar-refractivity contribution >= 4 is 33.4 Å². The zero-order valence-corrected chi connectivity index (χ0v) is 13.3. The van der Waals surface area contributed by atoms with Gasteiger partial charge >= 0.3 is 0 Å². The maximum Gasteiger partial charge on any atom is 0.277 e. The van der Waals surface area contributed by atoms with Gasteiger partial charge in [0.25, 0.3) is 5.92 Å². The van der Waals surface area contributed by atoms with E-state index in [-0.39, 0.29) is 5.91 Å². The number of nitrogens with zero attached hydrogens (tertiary/aromatic N) is 1. The van der Waals surface area contributed by atoms with E-state index in [1.54, 1.807) is 18.2 Å². The molecule has 22 heavy (non-hydrogen) atoms. The molecule has 1 aromatic carbocycles. The molecule has 1 fully saturated rings. The largest absolute Gasteiger partial charge is 0.349 e. The van der Waals surface area contributed by atoms with Crippen LogP contribution in [0.15, 0.2) is 28.7 Å². The highest BCUT2D eigenvalue weighted by Gasteiger charge is 2.38. The van der Waals surface area contributed by atoms with E-state index in [2.05, 4.69) is 21.2 Å². The second kappa shape index (κ2) is 6.70. The molecule has 1 heterocycles. The zero-order chi connectivity index (χ0) is 16.3. The van der Waals surface area contributed by atoms with E-state index in [1.165, 1.54) is 4.90 Å². The van der Waals surface area contributed by atoms with Crippen molar-refractivity contribution in [3.63, 3.8) is 0 Å². The van der Waals surface area contributed by atoms with Crippen molar-refractivity contribution in [2.24, 2.45) is 11.7 Å². The van der Waals surface area contributed by atoms with E-state index in [9.17, 15) is 18.4 Å². The molecule has 0 spiro atoms. The van der Waals surface area contributed by atoms with Gasteiger partial charge in [-0.25, -0.2) is 8.78 Å². The second-order valence-electron chi connectivity index (χ2n) is 5.09. The highest BCUT2D eigenvalue weighted by molar-refractivity contribution is 9.10. The van der Waals surface area contributed by atoms with Crippen molar-refractivity contribution in [1.82, 2.24) is 5.32 Å². The van der Waals surface area contributed by atoms with Crippen molar-refractivity contribution in [2.75, 3.05) is 24.5 Å². The molecule has 2 rings (SSSR count). The number of alkyl halides is 2. The molecule has 1 aliphatic heterocycles. The van der Waals surface area contributed by atoms with Gasteiger partial charge in [-0.05, 0) is 24.6 Å². The third kappa shape index (κ3) is 3.80. The van der Waals surface area contributed by atoms with E-state index >= 15 is 0 Å². The van der Waals surface area contributed by atoms with E-state index in [1.807, 2.05) is 6.07 Å². The summed E-state index contributed by atoms with van der Waals surface area (Å²) in [5, 5.41) is 2.10. The van der Waals surface area contributed by atoms with E-state index in [4.69, 9.17) is 5.73 Å². The lowest BCUT2D eigenvalue weighted by Crippen LogP contribution is -2.45. The highest BCUT2D eigenvalue weighted by atomic mass is 79.9. The van der Waals surface area contributed by atoms with Gasteiger partial charge < -0.3 is 16.0 Å². The summed E-state index contributed by atoms with van der Waals surface area (Å²) in [5.41, 5.74) is 5.57. The molecule has 0 bridgehead atoms. The minimum atomic E-state index is -3.17. The van der Waals surface area contributed by atoms with Crippen LogP contribution in [0.5, 0.6) is 0 Å². The molecule has 0 aromatic heterocycles. The van der Waals surface area contributed by atoms with Gasteiger partial charge in [0.05, 0.1) is 13.1 Å². The van der Waals surface area contributed by atoms with Crippen LogP contribution in [0, 0.1) is 5.92 Å². The van der Waals surface area contributed by atoms with Gasteiger partial charge in [-0.3, -0.25) is 9.59 Å². The quantitative estimate of drug-likeness (QED) is 0.766. The van der Waals surface area contributed by atoms with Gasteiger partial charge in [-0.15, -0.1) is 0 Å². The lowest BCUT2D eigenvalue weighted by Gasteiger charge is -2.18. The van der Waals surface area contributed by atoms with Crippen LogP contribution in [0.1, 0.15) is 6.42 Å². The van der Waals surface area contributed by atoms with Crippen molar-refractivity contribution < 1.29 is 18.4 Å². The Hall–Kier alpha value is -1.54. The molecule has 2 amide bonds. The van der Waals surface area contributed by atoms with Crippen LogP contribution in [-0.2, 0) is 9.59 Å². The number of rotatable bonds is 5. The van der Waals surface area contributed by atoms with E-state index < -0.39 is 30.8 Å². The molecule has 1 unspecified atom stereocenters. The Labute approximate surface area is 135 Å².